The molecular weight excluding hydrogens is 318 g/mol. The zero-order valence-corrected chi connectivity index (χ0v) is 14.4. The molecule has 2 atom stereocenters. The fourth-order valence-corrected chi connectivity index (χ4v) is 3.92. The normalized spacial score (nSPS) is 22.5. The van der Waals surface area contributed by atoms with Crippen molar-refractivity contribution in [2.75, 3.05) is 27.2 Å². The van der Waals surface area contributed by atoms with Crippen molar-refractivity contribution in [2.45, 2.75) is 19.0 Å². The van der Waals surface area contributed by atoms with Gasteiger partial charge in [0.25, 0.3) is 0 Å². The lowest BCUT2D eigenvalue weighted by atomic mass is 9.94. The van der Waals surface area contributed by atoms with E-state index in [9.17, 15) is 0 Å². The molecular formula is C15H20ClN5S. The van der Waals surface area contributed by atoms with Crippen LogP contribution in [0.2, 0.25) is 4.34 Å². The number of likely N-dealkylation sites (tertiary alicyclic amines) is 1. The Morgan fingerprint density at radius 1 is 1.50 bits per heavy atom. The Kier molecular flexibility index (Phi) is 5.03. The van der Waals surface area contributed by atoms with Crippen LogP contribution in [0.15, 0.2) is 24.5 Å². The van der Waals surface area contributed by atoms with Crippen molar-refractivity contribution >= 4 is 23.1 Å². The number of nitrogens with zero attached hydrogens (tertiary/aromatic N) is 5. The van der Waals surface area contributed by atoms with Gasteiger partial charge in [0.1, 0.15) is 10.0 Å². The van der Waals surface area contributed by atoms with Crippen LogP contribution >= 0.6 is 23.1 Å². The van der Waals surface area contributed by atoms with Crippen LogP contribution in [0.5, 0.6) is 0 Å². The van der Waals surface area contributed by atoms with Gasteiger partial charge in [-0.1, -0.05) is 22.2 Å². The smallest absolute Gasteiger partial charge is 0.138 e. The fraction of sp³-hybridized carbons (Fsp3) is 0.533. The third-order valence-electron chi connectivity index (χ3n) is 4.28. The monoisotopic (exact) mass is 337 g/mol. The molecule has 0 saturated carbocycles. The summed E-state index contributed by atoms with van der Waals surface area (Å²) in [7, 11) is 4.31. The highest BCUT2D eigenvalue weighted by Gasteiger charge is 2.33. The van der Waals surface area contributed by atoms with Gasteiger partial charge in [-0.3, -0.25) is 9.88 Å². The van der Waals surface area contributed by atoms with Crippen molar-refractivity contribution < 1.29 is 0 Å². The highest BCUT2D eigenvalue weighted by atomic mass is 35.5. The lowest BCUT2D eigenvalue weighted by Gasteiger charge is -2.28. The molecule has 0 spiro atoms. The Balaban J connectivity index is 1.67. The van der Waals surface area contributed by atoms with Crippen molar-refractivity contribution in [3.63, 3.8) is 0 Å². The third-order valence-corrected chi connectivity index (χ3v) is 5.26. The minimum atomic E-state index is 0.431. The van der Waals surface area contributed by atoms with Gasteiger partial charge in [0.2, 0.25) is 0 Å². The van der Waals surface area contributed by atoms with Gasteiger partial charge in [-0.2, -0.15) is 0 Å². The molecule has 0 amide bonds. The van der Waals surface area contributed by atoms with Crippen molar-refractivity contribution in [3.05, 3.63) is 40.1 Å². The van der Waals surface area contributed by atoms with E-state index in [2.05, 4.69) is 44.5 Å². The lowest BCUT2D eigenvalue weighted by molar-refractivity contribution is 0.212. The molecule has 0 bridgehead atoms. The van der Waals surface area contributed by atoms with Gasteiger partial charge in [0, 0.05) is 43.1 Å². The maximum Gasteiger partial charge on any atom is 0.138 e. The molecule has 1 saturated heterocycles. The second-order valence-electron chi connectivity index (χ2n) is 5.95. The van der Waals surface area contributed by atoms with Crippen molar-refractivity contribution in [2.24, 2.45) is 5.92 Å². The molecule has 1 aliphatic rings. The van der Waals surface area contributed by atoms with Gasteiger partial charge in [-0.15, -0.1) is 5.10 Å². The first-order chi connectivity index (χ1) is 10.6. The molecule has 2 aromatic rings. The molecule has 118 valence electrons. The first-order valence-corrected chi connectivity index (χ1v) is 8.55. The molecule has 0 radical (unpaired) electrons. The number of halogens is 1. The van der Waals surface area contributed by atoms with Crippen LogP contribution < -0.4 is 0 Å². The molecule has 0 aliphatic carbocycles. The topological polar surface area (TPSA) is 45.2 Å². The first-order valence-electron chi connectivity index (χ1n) is 7.40. The summed E-state index contributed by atoms with van der Waals surface area (Å²) in [5.41, 5.74) is 2.17. The van der Waals surface area contributed by atoms with Crippen molar-refractivity contribution in [1.82, 2.24) is 24.4 Å². The molecule has 3 heterocycles. The quantitative estimate of drug-likeness (QED) is 0.839. The standard InChI is InChI=1S/C15H20ClN5S/c1-20(10-13-15(16)22-19-18-13)9-12-5-7-21(2)14(12)11-4-3-6-17-8-11/h3-4,6,8,12,14H,5,7,9-10H2,1-2H3/t12-,14-/m0/s1. The van der Waals surface area contributed by atoms with E-state index in [0.29, 0.717) is 16.3 Å². The average Bonchev–Trinajstić information content (AvgIpc) is 3.07. The van der Waals surface area contributed by atoms with E-state index in [0.717, 1.165) is 25.3 Å². The van der Waals surface area contributed by atoms with Gasteiger partial charge in [-0.05, 0) is 44.6 Å². The van der Waals surface area contributed by atoms with Gasteiger partial charge in [0.15, 0.2) is 0 Å². The van der Waals surface area contributed by atoms with Gasteiger partial charge in [0.05, 0.1) is 0 Å². The van der Waals surface area contributed by atoms with Crippen LogP contribution in [0.4, 0.5) is 0 Å². The van der Waals surface area contributed by atoms with Crippen LogP contribution in [0.25, 0.3) is 0 Å². The van der Waals surface area contributed by atoms with Gasteiger partial charge >= 0.3 is 0 Å². The maximum absolute atomic E-state index is 6.10. The molecule has 1 fully saturated rings. The predicted octanol–water partition coefficient (Wildman–Crippen LogP) is 2.71. The van der Waals surface area contributed by atoms with Crippen LogP contribution in [0.3, 0.4) is 0 Å². The molecule has 3 rings (SSSR count). The number of rotatable bonds is 5. The van der Waals surface area contributed by atoms with Gasteiger partial charge < -0.3 is 4.90 Å². The number of aromatic nitrogens is 3. The summed E-state index contributed by atoms with van der Waals surface area (Å²) in [6.07, 6.45) is 5.01. The van der Waals surface area contributed by atoms with Crippen molar-refractivity contribution in [3.8, 4) is 0 Å². The maximum atomic E-state index is 6.10. The summed E-state index contributed by atoms with van der Waals surface area (Å²) in [4.78, 5) is 8.99. The largest absolute Gasteiger partial charge is 0.300 e. The number of hydrogen-bond donors (Lipinski definition) is 0. The van der Waals surface area contributed by atoms with E-state index in [1.54, 1.807) is 0 Å². The summed E-state index contributed by atoms with van der Waals surface area (Å²) in [6.45, 7) is 2.88. The molecule has 1 aliphatic heterocycles. The molecule has 5 nitrogen and oxygen atoms in total. The predicted molar refractivity (Wildman–Crippen MR) is 89.0 cm³/mol. The summed E-state index contributed by atoms with van der Waals surface area (Å²) in [5.74, 6) is 0.588. The molecule has 22 heavy (non-hydrogen) atoms. The number of pyridine rings is 1. The average molecular weight is 338 g/mol. The summed E-state index contributed by atoms with van der Waals surface area (Å²) in [5, 5.41) is 4.10. The Labute approximate surface area is 140 Å². The van der Waals surface area contributed by atoms with E-state index in [1.165, 1.54) is 23.5 Å². The molecule has 0 N–H and O–H groups in total. The van der Waals surface area contributed by atoms with Crippen molar-refractivity contribution in [1.29, 1.82) is 0 Å². The highest BCUT2D eigenvalue weighted by Crippen LogP contribution is 2.36. The van der Waals surface area contributed by atoms with Crippen LogP contribution in [-0.4, -0.2) is 51.6 Å². The van der Waals surface area contributed by atoms with E-state index in [1.807, 2.05) is 18.5 Å². The summed E-state index contributed by atoms with van der Waals surface area (Å²) >= 11 is 7.35. The van der Waals surface area contributed by atoms with E-state index < -0.39 is 0 Å². The lowest BCUT2D eigenvalue weighted by Crippen LogP contribution is -2.30. The molecule has 2 aromatic heterocycles. The Hall–Kier alpha value is -1.08. The zero-order valence-electron chi connectivity index (χ0n) is 12.8. The third kappa shape index (κ3) is 3.46. The Morgan fingerprint density at radius 3 is 3.05 bits per heavy atom. The molecule has 7 heteroatoms. The minimum Gasteiger partial charge on any atom is -0.300 e. The number of hydrogen-bond acceptors (Lipinski definition) is 6. The van der Waals surface area contributed by atoms with E-state index in [4.69, 9.17) is 11.6 Å². The SMILES string of the molecule is CN(Cc1nnsc1Cl)C[C@@H]1CCN(C)[C@H]1c1cccnc1. The van der Waals surface area contributed by atoms with Gasteiger partial charge in [-0.25, -0.2) is 0 Å². The second-order valence-corrected chi connectivity index (χ2v) is 7.31. The first kappa shape index (κ1) is 15.8. The Bertz CT molecular complexity index is 605. The molecule has 0 unspecified atom stereocenters. The second kappa shape index (κ2) is 7.00. The zero-order chi connectivity index (χ0) is 15.5. The molecule has 0 aromatic carbocycles. The minimum absolute atomic E-state index is 0.431. The van der Waals surface area contributed by atoms with Crippen LogP contribution in [0, 0.1) is 5.92 Å². The Morgan fingerprint density at radius 2 is 2.36 bits per heavy atom. The van der Waals surface area contributed by atoms with Crippen LogP contribution in [0.1, 0.15) is 23.7 Å². The highest BCUT2D eigenvalue weighted by molar-refractivity contribution is 7.10. The summed E-state index contributed by atoms with van der Waals surface area (Å²) < 4.78 is 4.59. The van der Waals surface area contributed by atoms with E-state index >= 15 is 0 Å². The van der Waals surface area contributed by atoms with E-state index in [-0.39, 0.29) is 0 Å². The summed E-state index contributed by atoms with van der Waals surface area (Å²) in [6, 6.07) is 4.62. The fourth-order valence-electron chi connectivity index (χ4n) is 3.31. The van der Waals surface area contributed by atoms with Crippen LogP contribution in [-0.2, 0) is 6.54 Å².